The Morgan fingerprint density at radius 3 is 2.53 bits per heavy atom. The Hall–Kier alpha value is -2.97. The van der Waals surface area contributed by atoms with Crippen LogP contribution in [0.25, 0.3) is 0 Å². The standard InChI is InChI=1S/C22H25N3O5/c1-22(2)20(26)19(24-10-6-7-11-24)15-12-16(17(25(28)29)13-18(15)30-22)23-21(27)14-8-4-3-5-9-14/h3-5,8-9,12-13,19-20,26H,6-7,10-11H2,1-2H3,(H,23,27)/t19-,20+/m1/s1. The predicted molar refractivity (Wildman–Crippen MR) is 112 cm³/mol. The average Bonchev–Trinajstić information content (AvgIpc) is 3.23. The Morgan fingerprint density at radius 2 is 1.90 bits per heavy atom. The zero-order valence-corrected chi connectivity index (χ0v) is 17.0. The molecule has 0 unspecified atom stereocenters. The summed E-state index contributed by atoms with van der Waals surface area (Å²) in [4.78, 5) is 26.0. The highest BCUT2D eigenvalue weighted by atomic mass is 16.6. The fourth-order valence-electron chi connectivity index (χ4n) is 4.25. The predicted octanol–water partition coefficient (Wildman–Crippen LogP) is 3.52. The number of nitrogens with zero attached hydrogens (tertiary/aromatic N) is 2. The number of carbonyl (C=O) groups excluding carboxylic acids is 1. The number of amides is 1. The number of likely N-dealkylation sites (tertiary alicyclic amines) is 1. The van der Waals surface area contributed by atoms with Gasteiger partial charge in [0.25, 0.3) is 11.6 Å². The Morgan fingerprint density at radius 1 is 1.23 bits per heavy atom. The Balaban J connectivity index is 1.78. The summed E-state index contributed by atoms with van der Waals surface area (Å²) in [6.45, 7) is 5.22. The lowest BCUT2D eigenvalue weighted by Gasteiger charge is -2.45. The molecule has 2 atom stereocenters. The second kappa shape index (κ2) is 7.70. The number of anilines is 1. The first-order chi connectivity index (χ1) is 14.3. The number of hydrogen-bond donors (Lipinski definition) is 2. The molecule has 2 N–H and O–H groups in total. The van der Waals surface area contributed by atoms with Crippen LogP contribution in [-0.4, -0.2) is 45.6 Å². The number of rotatable bonds is 4. The summed E-state index contributed by atoms with van der Waals surface area (Å²) in [5.41, 5.74) is -0.00319. The number of nitrogens with one attached hydrogen (secondary N) is 1. The van der Waals surface area contributed by atoms with E-state index in [1.165, 1.54) is 6.07 Å². The minimum Gasteiger partial charge on any atom is -0.484 e. The van der Waals surface area contributed by atoms with Crippen molar-refractivity contribution in [2.24, 2.45) is 0 Å². The summed E-state index contributed by atoms with van der Waals surface area (Å²) in [5, 5.41) is 25.4. The highest BCUT2D eigenvalue weighted by Crippen LogP contribution is 2.47. The summed E-state index contributed by atoms with van der Waals surface area (Å²) in [5.74, 6) is -0.0689. The molecule has 30 heavy (non-hydrogen) atoms. The summed E-state index contributed by atoms with van der Waals surface area (Å²) in [6, 6.07) is 11.1. The van der Waals surface area contributed by atoms with E-state index in [2.05, 4.69) is 10.2 Å². The number of ether oxygens (including phenoxy) is 1. The number of aliphatic hydroxyl groups is 1. The van der Waals surface area contributed by atoms with Crippen molar-refractivity contribution in [2.75, 3.05) is 18.4 Å². The molecule has 8 heteroatoms. The van der Waals surface area contributed by atoms with E-state index in [0.29, 0.717) is 16.9 Å². The van der Waals surface area contributed by atoms with Crippen LogP contribution in [0.2, 0.25) is 0 Å². The first-order valence-electron chi connectivity index (χ1n) is 10.1. The molecular weight excluding hydrogens is 386 g/mol. The summed E-state index contributed by atoms with van der Waals surface area (Å²) in [6.07, 6.45) is 1.25. The molecule has 4 rings (SSSR count). The molecule has 0 spiro atoms. The normalized spacial score (nSPS) is 22.8. The molecule has 1 amide bonds. The maximum absolute atomic E-state index is 12.6. The van der Waals surface area contributed by atoms with E-state index < -0.39 is 22.5 Å². The van der Waals surface area contributed by atoms with E-state index in [9.17, 15) is 20.0 Å². The summed E-state index contributed by atoms with van der Waals surface area (Å²) >= 11 is 0. The summed E-state index contributed by atoms with van der Waals surface area (Å²) in [7, 11) is 0. The van der Waals surface area contributed by atoms with E-state index in [4.69, 9.17) is 4.74 Å². The first-order valence-corrected chi connectivity index (χ1v) is 10.1. The van der Waals surface area contributed by atoms with Crippen molar-refractivity contribution in [1.82, 2.24) is 4.90 Å². The van der Waals surface area contributed by atoms with Gasteiger partial charge in [-0.3, -0.25) is 19.8 Å². The van der Waals surface area contributed by atoms with Crippen LogP contribution >= 0.6 is 0 Å². The Kier molecular flexibility index (Phi) is 5.21. The molecule has 0 aliphatic carbocycles. The third-order valence-electron chi connectivity index (χ3n) is 5.85. The molecule has 2 aliphatic rings. The third kappa shape index (κ3) is 3.64. The molecule has 1 saturated heterocycles. The van der Waals surface area contributed by atoms with Crippen molar-refractivity contribution in [3.05, 3.63) is 63.7 Å². The highest BCUT2D eigenvalue weighted by molar-refractivity contribution is 6.05. The first kappa shape index (κ1) is 20.3. The topological polar surface area (TPSA) is 105 Å². The fourth-order valence-corrected chi connectivity index (χ4v) is 4.25. The zero-order valence-electron chi connectivity index (χ0n) is 17.0. The van der Waals surface area contributed by atoms with Crippen LogP contribution in [0.5, 0.6) is 5.75 Å². The van der Waals surface area contributed by atoms with Crippen molar-refractivity contribution < 1.29 is 19.6 Å². The second-order valence-corrected chi connectivity index (χ2v) is 8.32. The van der Waals surface area contributed by atoms with E-state index >= 15 is 0 Å². The van der Waals surface area contributed by atoms with Gasteiger partial charge in [0, 0.05) is 11.1 Å². The molecule has 2 heterocycles. The molecule has 158 valence electrons. The Bertz CT molecular complexity index is 970. The number of hydrogen-bond acceptors (Lipinski definition) is 6. The lowest BCUT2D eigenvalue weighted by Crippen LogP contribution is -2.53. The lowest BCUT2D eigenvalue weighted by atomic mass is 9.85. The highest BCUT2D eigenvalue weighted by Gasteiger charge is 2.46. The number of nitro benzene ring substituents is 1. The number of aliphatic hydroxyl groups excluding tert-OH is 1. The van der Waals surface area contributed by atoms with Crippen LogP contribution in [0.15, 0.2) is 42.5 Å². The lowest BCUT2D eigenvalue weighted by molar-refractivity contribution is -0.384. The van der Waals surface area contributed by atoms with E-state index in [1.807, 2.05) is 0 Å². The molecule has 0 radical (unpaired) electrons. The van der Waals surface area contributed by atoms with E-state index in [1.54, 1.807) is 50.2 Å². The van der Waals surface area contributed by atoms with E-state index in [-0.39, 0.29) is 17.4 Å². The molecular formula is C22H25N3O5. The zero-order chi connectivity index (χ0) is 21.5. The monoisotopic (exact) mass is 411 g/mol. The van der Waals surface area contributed by atoms with Crippen molar-refractivity contribution in [1.29, 1.82) is 0 Å². The number of fused-ring (bicyclic) bond motifs is 1. The second-order valence-electron chi connectivity index (χ2n) is 8.32. The van der Waals surface area contributed by atoms with Crippen molar-refractivity contribution in [3.63, 3.8) is 0 Å². The minimum absolute atomic E-state index is 0.0901. The molecule has 2 aliphatic heterocycles. The van der Waals surface area contributed by atoms with Gasteiger partial charge >= 0.3 is 0 Å². The summed E-state index contributed by atoms with van der Waals surface area (Å²) < 4.78 is 5.96. The van der Waals surface area contributed by atoms with Crippen LogP contribution in [-0.2, 0) is 0 Å². The molecule has 0 bridgehead atoms. The van der Waals surface area contributed by atoms with Crippen molar-refractivity contribution in [3.8, 4) is 5.75 Å². The minimum atomic E-state index is -0.900. The van der Waals surface area contributed by atoms with Crippen LogP contribution in [0, 0.1) is 10.1 Å². The SMILES string of the molecule is CC1(C)Oc2cc([N+](=O)[O-])c(NC(=O)c3ccccc3)cc2[C@@H](N2CCCC2)[C@@H]1O. The third-order valence-corrected chi connectivity index (χ3v) is 5.85. The molecule has 1 fully saturated rings. The number of nitro groups is 1. The maximum Gasteiger partial charge on any atom is 0.296 e. The molecule has 8 nitrogen and oxygen atoms in total. The number of benzene rings is 2. The van der Waals surface area contributed by atoms with Gasteiger partial charge in [0.2, 0.25) is 0 Å². The van der Waals surface area contributed by atoms with Crippen LogP contribution in [0.1, 0.15) is 48.7 Å². The van der Waals surface area contributed by atoms with Crippen LogP contribution in [0.4, 0.5) is 11.4 Å². The Labute approximate surface area is 174 Å². The van der Waals surface area contributed by atoms with Gasteiger partial charge in [-0.15, -0.1) is 0 Å². The molecule has 2 aromatic rings. The maximum atomic E-state index is 12.6. The van der Waals surface area contributed by atoms with Gasteiger partial charge in [0.15, 0.2) is 0 Å². The van der Waals surface area contributed by atoms with Gasteiger partial charge in [-0.05, 0) is 58.0 Å². The fraction of sp³-hybridized carbons (Fsp3) is 0.409. The average molecular weight is 411 g/mol. The van der Waals surface area contributed by atoms with Crippen molar-refractivity contribution in [2.45, 2.75) is 44.4 Å². The molecule has 2 aromatic carbocycles. The number of carbonyl (C=O) groups is 1. The van der Waals surface area contributed by atoms with Gasteiger partial charge in [0.1, 0.15) is 23.1 Å². The van der Waals surface area contributed by atoms with Gasteiger partial charge in [-0.2, -0.15) is 0 Å². The molecule has 0 aromatic heterocycles. The largest absolute Gasteiger partial charge is 0.484 e. The van der Waals surface area contributed by atoms with Gasteiger partial charge in [-0.1, -0.05) is 18.2 Å². The van der Waals surface area contributed by atoms with Gasteiger partial charge in [0.05, 0.1) is 17.0 Å². The quantitative estimate of drug-likeness (QED) is 0.589. The van der Waals surface area contributed by atoms with Crippen LogP contribution in [0.3, 0.4) is 0 Å². The van der Waals surface area contributed by atoms with E-state index in [0.717, 1.165) is 25.9 Å². The molecule has 0 saturated carbocycles. The van der Waals surface area contributed by atoms with Crippen LogP contribution < -0.4 is 10.1 Å². The smallest absolute Gasteiger partial charge is 0.296 e. The van der Waals surface area contributed by atoms with Crippen molar-refractivity contribution >= 4 is 17.3 Å². The van der Waals surface area contributed by atoms with Gasteiger partial charge in [-0.25, -0.2) is 0 Å². The van der Waals surface area contributed by atoms with Gasteiger partial charge < -0.3 is 15.2 Å².